The average molecular weight is 242 g/mol. The molecular weight excluding hydrogens is 224 g/mol. The second kappa shape index (κ2) is 4.52. The van der Waals surface area contributed by atoms with E-state index in [9.17, 15) is 14.7 Å². The molecule has 1 aliphatic heterocycles. The molecule has 2 fully saturated rings. The predicted molar refractivity (Wildman–Crippen MR) is 59.5 cm³/mol. The van der Waals surface area contributed by atoms with Gasteiger partial charge < -0.3 is 20.4 Å². The van der Waals surface area contributed by atoms with Crippen LogP contribution in [-0.2, 0) is 4.79 Å². The van der Waals surface area contributed by atoms with Crippen molar-refractivity contribution in [2.45, 2.75) is 44.4 Å². The maximum atomic E-state index is 11.9. The monoisotopic (exact) mass is 242 g/mol. The first-order valence-electron chi connectivity index (χ1n) is 5.97. The molecule has 0 radical (unpaired) electrons. The normalized spacial score (nSPS) is 30.1. The third kappa shape index (κ3) is 2.69. The highest BCUT2D eigenvalue weighted by atomic mass is 16.4. The third-order valence-electron chi connectivity index (χ3n) is 3.51. The Labute approximate surface area is 99.6 Å². The highest BCUT2D eigenvalue weighted by molar-refractivity contribution is 5.83. The molecule has 17 heavy (non-hydrogen) atoms. The van der Waals surface area contributed by atoms with E-state index in [1.807, 2.05) is 6.92 Å². The van der Waals surface area contributed by atoms with Gasteiger partial charge in [-0.3, -0.25) is 0 Å². The molecule has 0 aromatic heterocycles. The fraction of sp³-hybridized carbons (Fsp3) is 0.818. The third-order valence-corrected chi connectivity index (χ3v) is 3.51. The Hall–Kier alpha value is -1.30. The van der Waals surface area contributed by atoms with E-state index in [2.05, 4.69) is 5.32 Å². The standard InChI is InChI=1S/C11H18N2O4/c1-6(7-2-3-7)12-11(17)13-5-8(14)4-9(13)10(15)16/h6-9,14H,2-5H2,1H3,(H,12,17)(H,15,16)/t6?,8-,9+/m1/s1. The summed E-state index contributed by atoms with van der Waals surface area (Å²) < 4.78 is 0. The first-order chi connectivity index (χ1) is 7.99. The van der Waals surface area contributed by atoms with E-state index < -0.39 is 18.1 Å². The molecule has 1 heterocycles. The Bertz CT molecular complexity index is 329. The number of carboxylic acids is 1. The van der Waals surface area contributed by atoms with E-state index in [0.717, 1.165) is 12.8 Å². The molecule has 0 aromatic carbocycles. The fourth-order valence-corrected chi connectivity index (χ4v) is 2.26. The first kappa shape index (κ1) is 12.2. The van der Waals surface area contributed by atoms with Crippen molar-refractivity contribution in [2.75, 3.05) is 6.54 Å². The molecule has 3 atom stereocenters. The molecule has 96 valence electrons. The van der Waals surface area contributed by atoms with Crippen molar-refractivity contribution >= 4 is 12.0 Å². The molecule has 6 nitrogen and oxygen atoms in total. The SMILES string of the molecule is CC(NC(=O)N1C[C@H](O)C[C@H]1C(=O)O)C1CC1. The van der Waals surface area contributed by atoms with Gasteiger partial charge in [0.25, 0.3) is 0 Å². The summed E-state index contributed by atoms with van der Waals surface area (Å²) >= 11 is 0. The lowest BCUT2D eigenvalue weighted by molar-refractivity contribution is -0.141. The molecule has 2 amide bonds. The number of hydrogen-bond donors (Lipinski definition) is 3. The Kier molecular flexibility index (Phi) is 3.24. The van der Waals surface area contributed by atoms with Gasteiger partial charge in [-0.15, -0.1) is 0 Å². The van der Waals surface area contributed by atoms with Gasteiger partial charge in [-0.25, -0.2) is 9.59 Å². The number of aliphatic hydroxyl groups is 1. The summed E-state index contributed by atoms with van der Waals surface area (Å²) in [5.74, 6) is -0.537. The van der Waals surface area contributed by atoms with E-state index in [1.54, 1.807) is 0 Å². The maximum Gasteiger partial charge on any atom is 0.326 e. The topological polar surface area (TPSA) is 89.9 Å². The quantitative estimate of drug-likeness (QED) is 0.650. The number of carbonyl (C=O) groups is 2. The van der Waals surface area contributed by atoms with Gasteiger partial charge in [0.1, 0.15) is 6.04 Å². The minimum absolute atomic E-state index is 0.0784. The summed E-state index contributed by atoms with van der Waals surface area (Å²) in [5.41, 5.74) is 0. The number of aliphatic carboxylic acids is 1. The van der Waals surface area contributed by atoms with Crippen LogP contribution in [0.3, 0.4) is 0 Å². The number of rotatable bonds is 3. The first-order valence-corrected chi connectivity index (χ1v) is 5.97. The van der Waals surface area contributed by atoms with Crippen LogP contribution in [0.25, 0.3) is 0 Å². The number of nitrogens with one attached hydrogen (secondary N) is 1. The molecule has 2 rings (SSSR count). The molecule has 1 saturated heterocycles. The average Bonchev–Trinajstić information content (AvgIpc) is 3.01. The number of hydrogen-bond acceptors (Lipinski definition) is 3. The Morgan fingerprint density at radius 2 is 2.06 bits per heavy atom. The van der Waals surface area contributed by atoms with Crippen LogP contribution in [0.2, 0.25) is 0 Å². The number of likely N-dealkylation sites (tertiary alicyclic amines) is 1. The van der Waals surface area contributed by atoms with Gasteiger partial charge in [0.15, 0.2) is 0 Å². The molecule has 0 aromatic rings. The van der Waals surface area contributed by atoms with Crippen molar-refractivity contribution in [1.29, 1.82) is 0 Å². The number of aliphatic hydroxyl groups excluding tert-OH is 1. The van der Waals surface area contributed by atoms with E-state index >= 15 is 0 Å². The number of nitrogens with zero attached hydrogens (tertiary/aromatic N) is 1. The van der Waals surface area contributed by atoms with Gasteiger partial charge in [0.05, 0.1) is 6.10 Å². The van der Waals surface area contributed by atoms with Crippen molar-refractivity contribution in [2.24, 2.45) is 5.92 Å². The molecule has 6 heteroatoms. The second-order valence-corrected chi connectivity index (χ2v) is 4.97. The molecule has 1 unspecified atom stereocenters. The van der Waals surface area contributed by atoms with Crippen molar-refractivity contribution in [3.63, 3.8) is 0 Å². The summed E-state index contributed by atoms with van der Waals surface area (Å²) in [5, 5.41) is 21.2. The summed E-state index contributed by atoms with van der Waals surface area (Å²) in [7, 11) is 0. The van der Waals surface area contributed by atoms with Gasteiger partial charge in [-0.1, -0.05) is 0 Å². The zero-order valence-electron chi connectivity index (χ0n) is 9.80. The Morgan fingerprint density at radius 1 is 1.41 bits per heavy atom. The molecule has 1 saturated carbocycles. The van der Waals surface area contributed by atoms with Crippen LogP contribution in [0, 0.1) is 5.92 Å². The minimum atomic E-state index is -1.06. The van der Waals surface area contributed by atoms with Crippen LogP contribution in [0.5, 0.6) is 0 Å². The van der Waals surface area contributed by atoms with Crippen molar-refractivity contribution in [3.8, 4) is 0 Å². The van der Waals surface area contributed by atoms with Gasteiger partial charge in [0.2, 0.25) is 0 Å². The summed E-state index contributed by atoms with van der Waals surface area (Å²) in [6.07, 6.45) is 1.61. The van der Waals surface area contributed by atoms with Crippen LogP contribution in [0.15, 0.2) is 0 Å². The van der Waals surface area contributed by atoms with Crippen LogP contribution in [0.4, 0.5) is 4.79 Å². The van der Waals surface area contributed by atoms with E-state index in [4.69, 9.17) is 5.11 Å². The fourth-order valence-electron chi connectivity index (χ4n) is 2.26. The van der Waals surface area contributed by atoms with E-state index in [0.29, 0.717) is 5.92 Å². The molecule has 1 aliphatic carbocycles. The van der Waals surface area contributed by atoms with Crippen LogP contribution in [0.1, 0.15) is 26.2 Å². The Morgan fingerprint density at radius 3 is 2.59 bits per heavy atom. The zero-order valence-corrected chi connectivity index (χ0v) is 9.80. The highest BCUT2D eigenvalue weighted by Gasteiger charge is 2.40. The number of urea groups is 1. The van der Waals surface area contributed by atoms with Crippen LogP contribution in [-0.4, -0.2) is 51.8 Å². The summed E-state index contributed by atoms with van der Waals surface area (Å²) in [6, 6.07) is -1.21. The van der Waals surface area contributed by atoms with Gasteiger partial charge >= 0.3 is 12.0 Å². The number of carboxylic acid groups (broad SMARTS) is 1. The lowest BCUT2D eigenvalue weighted by Crippen LogP contribution is -2.49. The van der Waals surface area contributed by atoms with Crippen LogP contribution >= 0.6 is 0 Å². The number of amides is 2. The van der Waals surface area contributed by atoms with Crippen molar-refractivity contribution in [1.82, 2.24) is 10.2 Å². The van der Waals surface area contributed by atoms with Crippen molar-refractivity contribution < 1.29 is 19.8 Å². The lowest BCUT2D eigenvalue weighted by Gasteiger charge is -2.24. The molecule has 0 spiro atoms. The summed E-state index contributed by atoms with van der Waals surface area (Å²) in [6.45, 7) is 2.03. The van der Waals surface area contributed by atoms with Crippen LogP contribution < -0.4 is 5.32 Å². The van der Waals surface area contributed by atoms with Gasteiger partial charge in [-0.2, -0.15) is 0 Å². The highest BCUT2D eigenvalue weighted by Crippen LogP contribution is 2.32. The Balaban J connectivity index is 1.94. The predicted octanol–water partition coefficient (Wildman–Crippen LogP) is 0.0143. The molecule has 2 aliphatic rings. The second-order valence-electron chi connectivity index (χ2n) is 4.97. The minimum Gasteiger partial charge on any atom is -0.480 e. The van der Waals surface area contributed by atoms with Gasteiger partial charge in [0, 0.05) is 19.0 Å². The molecule has 0 bridgehead atoms. The zero-order chi connectivity index (χ0) is 12.6. The smallest absolute Gasteiger partial charge is 0.326 e. The van der Waals surface area contributed by atoms with E-state index in [1.165, 1.54) is 4.90 Å². The largest absolute Gasteiger partial charge is 0.480 e. The van der Waals surface area contributed by atoms with E-state index in [-0.39, 0.29) is 25.0 Å². The maximum absolute atomic E-state index is 11.9. The summed E-state index contributed by atoms with van der Waals surface area (Å²) in [4.78, 5) is 24.1. The number of β-amino-alcohol motifs (C(OH)–C–C–N with tert-alkyl or cyclic N) is 1. The van der Waals surface area contributed by atoms with Crippen molar-refractivity contribution in [3.05, 3.63) is 0 Å². The lowest BCUT2D eigenvalue weighted by atomic mass is 10.2. The number of carbonyl (C=O) groups excluding carboxylic acids is 1. The molecule has 3 N–H and O–H groups in total. The van der Waals surface area contributed by atoms with Gasteiger partial charge in [-0.05, 0) is 25.7 Å². The molecular formula is C11H18N2O4.